The molecule has 0 fully saturated rings. The maximum atomic E-state index is 9.09. The summed E-state index contributed by atoms with van der Waals surface area (Å²) in [4.78, 5) is 0. The van der Waals surface area contributed by atoms with Gasteiger partial charge in [-0.1, -0.05) is 18.2 Å². The van der Waals surface area contributed by atoms with E-state index in [1.807, 2.05) is 6.92 Å². The van der Waals surface area contributed by atoms with Crippen molar-refractivity contribution in [3.63, 3.8) is 0 Å². The van der Waals surface area contributed by atoms with E-state index < -0.39 is 7.12 Å². The Morgan fingerprint density at radius 2 is 2.00 bits per heavy atom. The average molecular weight is 210 g/mol. The van der Waals surface area contributed by atoms with E-state index in [0.29, 0.717) is 17.8 Å². The first-order chi connectivity index (χ1) is 7.15. The van der Waals surface area contributed by atoms with Gasteiger partial charge in [0, 0.05) is 12.6 Å². The minimum absolute atomic E-state index is 0.130. The Bertz CT molecular complexity index is 303. The van der Waals surface area contributed by atoms with Crippen molar-refractivity contribution in [2.75, 3.05) is 13.7 Å². The molecule has 1 aromatic carbocycles. The molecule has 0 bridgehead atoms. The smallest absolute Gasteiger partial charge is 0.489 e. The number of ether oxygens (including phenoxy) is 2. The van der Waals surface area contributed by atoms with Gasteiger partial charge in [-0.3, -0.25) is 0 Å². The summed E-state index contributed by atoms with van der Waals surface area (Å²) in [5, 5.41) is 18.2. The Hall–Kier alpha value is -1.04. The molecule has 0 heterocycles. The quantitative estimate of drug-likeness (QED) is 0.659. The third-order valence-corrected chi connectivity index (χ3v) is 1.93. The van der Waals surface area contributed by atoms with Crippen LogP contribution >= 0.6 is 0 Å². The lowest BCUT2D eigenvalue weighted by Crippen LogP contribution is -2.33. The standard InChI is InChI=1S/C10H15BO4/c1-8(7-14-2)15-10-6-4-3-5-9(10)11(12)13/h3-6,8,12-13H,7H2,1-2H3. The van der Waals surface area contributed by atoms with Gasteiger partial charge < -0.3 is 19.5 Å². The average Bonchev–Trinajstić information content (AvgIpc) is 2.18. The predicted octanol–water partition coefficient (Wildman–Crippen LogP) is -0.220. The number of methoxy groups -OCH3 is 1. The van der Waals surface area contributed by atoms with Gasteiger partial charge in [-0.05, 0) is 13.0 Å². The van der Waals surface area contributed by atoms with E-state index in [4.69, 9.17) is 19.5 Å². The van der Waals surface area contributed by atoms with Crippen LogP contribution in [0.1, 0.15) is 6.92 Å². The van der Waals surface area contributed by atoms with Crippen LogP contribution in [0.4, 0.5) is 0 Å². The molecular weight excluding hydrogens is 195 g/mol. The van der Waals surface area contributed by atoms with Crippen molar-refractivity contribution in [3.05, 3.63) is 24.3 Å². The molecule has 15 heavy (non-hydrogen) atoms. The molecule has 0 spiro atoms. The fourth-order valence-corrected chi connectivity index (χ4v) is 1.29. The maximum Gasteiger partial charge on any atom is 0.492 e. The summed E-state index contributed by atoms with van der Waals surface area (Å²) in [6.45, 7) is 2.31. The highest BCUT2D eigenvalue weighted by molar-refractivity contribution is 6.59. The third kappa shape index (κ3) is 3.55. The van der Waals surface area contributed by atoms with Crippen molar-refractivity contribution in [1.29, 1.82) is 0 Å². The number of rotatable bonds is 5. The summed E-state index contributed by atoms with van der Waals surface area (Å²) in [5.41, 5.74) is 0.362. The monoisotopic (exact) mass is 210 g/mol. The van der Waals surface area contributed by atoms with Crippen molar-refractivity contribution in [2.45, 2.75) is 13.0 Å². The van der Waals surface area contributed by atoms with Crippen LogP contribution in [0.15, 0.2) is 24.3 Å². The molecule has 1 atom stereocenters. The lowest BCUT2D eigenvalue weighted by atomic mass is 9.79. The van der Waals surface area contributed by atoms with Crippen molar-refractivity contribution in [1.82, 2.24) is 0 Å². The first kappa shape index (κ1) is 12.0. The van der Waals surface area contributed by atoms with Gasteiger partial charge in [0.05, 0.1) is 6.61 Å². The molecule has 0 aliphatic heterocycles. The topological polar surface area (TPSA) is 58.9 Å². The molecule has 0 amide bonds. The molecule has 0 radical (unpaired) electrons. The Kier molecular flexibility index (Phi) is 4.61. The van der Waals surface area contributed by atoms with Crippen LogP contribution in [0, 0.1) is 0 Å². The van der Waals surface area contributed by atoms with E-state index in [-0.39, 0.29) is 6.10 Å². The van der Waals surface area contributed by atoms with E-state index in [0.717, 1.165) is 0 Å². The van der Waals surface area contributed by atoms with Crippen LogP contribution in [-0.4, -0.2) is 37.0 Å². The second kappa shape index (κ2) is 5.75. The maximum absolute atomic E-state index is 9.09. The predicted molar refractivity (Wildman–Crippen MR) is 58.2 cm³/mol. The van der Waals surface area contributed by atoms with Crippen molar-refractivity contribution in [3.8, 4) is 5.75 Å². The van der Waals surface area contributed by atoms with E-state index in [9.17, 15) is 0 Å². The molecule has 5 heteroatoms. The van der Waals surface area contributed by atoms with Crippen LogP contribution in [0.5, 0.6) is 5.75 Å². The SMILES string of the molecule is COCC(C)Oc1ccccc1B(O)O. The Morgan fingerprint density at radius 1 is 1.33 bits per heavy atom. The van der Waals surface area contributed by atoms with Gasteiger partial charge in [0.1, 0.15) is 11.9 Å². The molecule has 4 nitrogen and oxygen atoms in total. The van der Waals surface area contributed by atoms with Gasteiger partial charge in [-0.25, -0.2) is 0 Å². The molecule has 1 aromatic rings. The molecule has 0 saturated heterocycles. The largest absolute Gasteiger partial charge is 0.492 e. The van der Waals surface area contributed by atoms with E-state index in [1.54, 1.807) is 31.4 Å². The van der Waals surface area contributed by atoms with Gasteiger partial charge in [-0.15, -0.1) is 0 Å². The Balaban J connectivity index is 2.75. The number of para-hydroxylation sites is 1. The highest BCUT2D eigenvalue weighted by Crippen LogP contribution is 2.09. The first-order valence-electron chi connectivity index (χ1n) is 4.75. The summed E-state index contributed by atoms with van der Waals surface area (Å²) in [6, 6.07) is 6.81. The fraction of sp³-hybridized carbons (Fsp3) is 0.400. The molecular formula is C10H15BO4. The minimum Gasteiger partial charge on any atom is -0.489 e. The number of hydrogen-bond acceptors (Lipinski definition) is 4. The van der Waals surface area contributed by atoms with Gasteiger partial charge >= 0.3 is 7.12 Å². The lowest BCUT2D eigenvalue weighted by Gasteiger charge is -2.16. The zero-order chi connectivity index (χ0) is 11.3. The highest BCUT2D eigenvalue weighted by atomic mass is 16.5. The fourth-order valence-electron chi connectivity index (χ4n) is 1.29. The van der Waals surface area contributed by atoms with Crippen molar-refractivity contribution < 1.29 is 19.5 Å². The molecule has 0 aromatic heterocycles. The summed E-state index contributed by atoms with van der Waals surface area (Å²) in [7, 11) is 0.0723. The molecule has 2 N–H and O–H groups in total. The number of hydrogen-bond donors (Lipinski definition) is 2. The van der Waals surface area contributed by atoms with E-state index >= 15 is 0 Å². The molecule has 1 unspecified atom stereocenters. The molecule has 0 aliphatic rings. The second-order valence-corrected chi connectivity index (χ2v) is 3.30. The van der Waals surface area contributed by atoms with Gasteiger partial charge in [0.25, 0.3) is 0 Å². The first-order valence-corrected chi connectivity index (χ1v) is 4.75. The van der Waals surface area contributed by atoms with E-state index in [2.05, 4.69) is 0 Å². The zero-order valence-corrected chi connectivity index (χ0v) is 8.88. The second-order valence-electron chi connectivity index (χ2n) is 3.30. The minimum atomic E-state index is -1.52. The van der Waals surface area contributed by atoms with Gasteiger partial charge in [0.2, 0.25) is 0 Å². The highest BCUT2D eigenvalue weighted by Gasteiger charge is 2.17. The summed E-state index contributed by atoms with van der Waals surface area (Å²) >= 11 is 0. The van der Waals surface area contributed by atoms with Crippen LogP contribution < -0.4 is 10.2 Å². The van der Waals surface area contributed by atoms with Gasteiger partial charge in [0.15, 0.2) is 0 Å². The van der Waals surface area contributed by atoms with Crippen molar-refractivity contribution >= 4 is 12.6 Å². The Labute approximate surface area is 89.6 Å². The van der Waals surface area contributed by atoms with Crippen LogP contribution in [0.3, 0.4) is 0 Å². The molecule has 1 rings (SSSR count). The van der Waals surface area contributed by atoms with Crippen LogP contribution in [-0.2, 0) is 4.74 Å². The molecule has 0 aliphatic carbocycles. The van der Waals surface area contributed by atoms with Crippen LogP contribution in [0.2, 0.25) is 0 Å². The van der Waals surface area contributed by atoms with Crippen LogP contribution in [0.25, 0.3) is 0 Å². The lowest BCUT2D eigenvalue weighted by molar-refractivity contribution is 0.0926. The molecule has 0 saturated carbocycles. The normalized spacial score (nSPS) is 12.3. The van der Waals surface area contributed by atoms with Crippen molar-refractivity contribution in [2.24, 2.45) is 0 Å². The Morgan fingerprint density at radius 3 is 2.60 bits per heavy atom. The summed E-state index contributed by atoms with van der Waals surface area (Å²) in [6.07, 6.45) is -0.130. The summed E-state index contributed by atoms with van der Waals surface area (Å²) < 4.78 is 10.4. The third-order valence-electron chi connectivity index (χ3n) is 1.93. The zero-order valence-electron chi connectivity index (χ0n) is 8.88. The van der Waals surface area contributed by atoms with E-state index in [1.165, 1.54) is 0 Å². The molecule has 82 valence electrons. The summed E-state index contributed by atoms with van der Waals surface area (Å²) in [5.74, 6) is 0.469. The van der Waals surface area contributed by atoms with Gasteiger partial charge in [-0.2, -0.15) is 0 Å². The number of benzene rings is 1.